The third kappa shape index (κ3) is 7.90. The summed E-state index contributed by atoms with van der Waals surface area (Å²) in [6, 6.07) is 22.2. The maximum Gasteiger partial charge on any atom is 0.259 e. The van der Waals surface area contributed by atoms with Crippen LogP contribution in [0.5, 0.6) is 5.75 Å². The van der Waals surface area contributed by atoms with Crippen molar-refractivity contribution in [3.05, 3.63) is 99.4 Å². The third-order valence-corrected chi connectivity index (χ3v) is 13.6. The number of pyridine rings is 1. The molecule has 8 rings (SSSR count). The van der Waals surface area contributed by atoms with Crippen LogP contribution in [0.4, 0.5) is 11.4 Å². The fourth-order valence-corrected chi connectivity index (χ4v) is 10.4. The molecular weight excluding hydrogens is 766 g/mol. The standard InChI is InChI=1S/C46H52ClN7O5/c1-45(2)43(46(3,4)44(45)59-35-11-7-32(27-48)37(47)26-35)50-40(56)30-5-8-33(9-6-30)52-18-15-29(16-19-52)28-51-21-23-53(24-22-51)34-10-12-36-31(25-34)17-20-54(42(36)58)38-13-14-39(55)49-41(38)57/h5-12,17,20,25-26,29,38,43-44H,13-16,18-19,21-24,28H2,1-4H3,(H,50,56)(H,49,55,57). The zero-order chi connectivity index (χ0) is 41.6. The lowest BCUT2D eigenvalue weighted by molar-refractivity contribution is -0.164. The number of nitrogens with one attached hydrogen (secondary N) is 2. The van der Waals surface area contributed by atoms with Gasteiger partial charge in [0, 0.05) is 104 Å². The average Bonchev–Trinajstić information content (AvgIpc) is 3.22. The summed E-state index contributed by atoms with van der Waals surface area (Å²) < 4.78 is 7.84. The maximum atomic E-state index is 13.5. The molecular formula is C46H52ClN7O5. The van der Waals surface area contributed by atoms with Crippen LogP contribution in [0, 0.1) is 28.1 Å². The number of amides is 3. The van der Waals surface area contributed by atoms with E-state index in [4.69, 9.17) is 16.3 Å². The molecule has 308 valence electrons. The van der Waals surface area contributed by atoms with E-state index in [1.165, 1.54) is 4.57 Å². The smallest absolute Gasteiger partial charge is 0.259 e. The highest BCUT2D eigenvalue weighted by molar-refractivity contribution is 6.31. The number of benzene rings is 3. The van der Waals surface area contributed by atoms with Crippen molar-refractivity contribution in [1.82, 2.24) is 20.1 Å². The number of nitriles is 1. The lowest BCUT2D eigenvalue weighted by Gasteiger charge is -2.63. The molecule has 0 bridgehead atoms. The molecule has 3 saturated heterocycles. The molecule has 4 aromatic rings. The van der Waals surface area contributed by atoms with Crippen LogP contribution in [-0.2, 0) is 9.59 Å². The molecule has 4 heterocycles. The lowest BCUT2D eigenvalue weighted by atomic mass is 9.49. The molecule has 1 aliphatic carbocycles. The minimum Gasteiger partial charge on any atom is -0.489 e. The zero-order valence-corrected chi connectivity index (χ0v) is 34.9. The predicted octanol–water partition coefficient (Wildman–Crippen LogP) is 6.15. The molecule has 1 atom stereocenters. The second-order valence-corrected chi connectivity index (χ2v) is 18.2. The van der Waals surface area contributed by atoms with Gasteiger partial charge >= 0.3 is 0 Å². The van der Waals surface area contributed by atoms with Gasteiger partial charge < -0.3 is 24.4 Å². The van der Waals surface area contributed by atoms with Crippen LogP contribution in [-0.4, -0.2) is 85.1 Å². The monoisotopic (exact) mass is 817 g/mol. The summed E-state index contributed by atoms with van der Waals surface area (Å²) in [6.45, 7) is 15.2. The Kier molecular flexibility index (Phi) is 11.0. The van der Waals surface area contributed by atoms with Crippen molar-refractivity contribution in [3.63, 3.8) is 0 Å². The van der Waals surface area contributed by atoms with E-state index in [2.05, 4.69) is 77.3 Å². The van der Waals surface area contributed by atoms with E-state index in [1.807, 2.05) is 30.3 Å². The van der Waals surface area contributed by atoms with Crippen molar-refractivity contribution in [2.75, 3.05) is 55.6 Å². The lowest BCUT2D eigenvalue weighted by Crippen LogP contribution is -2.74. The third-order valence-electron chi connectivity index (χ3n) is 13.3. The Morgan fingerprint density at radius 3 is 2.20 bits per heavy atom. The Labute approximate surface area is 350 Å². The number of imide groups is 1. The summed E-state index contributed by atoms with van der Waals surface area (Å²) in [7, 11) is 0. The molecule has 13 heteroatoms. The van der Waals surface area contributed by atoms with Gasteiger partial charge in [0.25, 0.3) is 11.5 Å². The second kappa shape index (κ2) is 16.0. The molecule has 1 unspecified atom stereocenters. The van der Waals surface area contributed by atoms with E-state index in [0.29, 0.717) is 39.6 Å². The molecule has 59 heavy (non-hydrogen) atoms. The number of ether oxygens (including phenoxy) is 1. The molecule has 1 aromatic heterocycles. The van der Waals surface area contributed by atoms with E-state index >= 15 is 0 Å². The molecule has 4 fully saturated rings. The highest BCUT2D eigenvalue weighted by Gasteiger charge is 2.64. The topological polar surface area (TPSA) is 140 Å². The molecule has 12 nitrogen and oxygen atoms in total. The molecule has 0 spiro atoms. The number of carbonyl (C=O) groups excluding carboxylic acids is 3. The minimum atomic E-state index is -0.670. The molecule has 1 saturated carbocycles. The number of fused-ring (bicyclic) bond motifs is 1. The Morgan fingerprint density at radius 1 is 0.864 bits per heavy atom. The van der Waals surface area contributed by atoms with Gasteiger partial charge in [-0.05, 0) is 91.2 Å². The van der Waals surface area contributed by atoms with E-state index in [0.717, 1.165) is 75.4 Å². The normalized spacial score (nSPS) is 23.3. The molecule has 4 aliphatic rings. The number of piperazine rings is 1. The van der Waals surface area contributed by atoms with Gasteiger partial charge in [-0.3, -0.25) is 29.4 Å². The van der Waals surface area contributed by atoms with Gasteiger partial charge in [-0.2, -0.15) is 5.26 Å². The number of nitrogens with zero attached hydrogens (tertiary/aromatic N) is 5. The Bertz CT molecular complexity index is 2360. The molecule has 2 N–H and O–H groups in total. The number of piperidine rings is 2. The van der Waals surface area contributed by atoms with Crippen LogP contribution in [0.25, 0.3) is 10.8 Å². The van der Waals surface area contributed by atoms with Crippen molar-refractivity contribution >= 4 is 51.5 Å². The van der Waals surface area contributed by atoms with Crippen LogP contribution in [0.3, 0.4) is 0 Å². The molecule has 3 aliphatic heterocycles. The number of aromatic nitrogens is 1. The summed E-state index contributed by atoms with van der Waals surface area (Å²) in [4.78, 5) is 58.2. The summed E-state index contributed by atoms with van der Waals surface area (Å²) in [5.74, 6) is 0.414. The largest absolute Gasteiger partial charge is 0.489 e. The van der Waals surface area contributed by atoms with Gasteiger partial charge in [-0.15, -0.1) is 0 Å². The number of carbonyl (C=O) groups is 3. The van der Waals surface area contributed by atoms with E-state index < -0.39 is 11.9 Å². The Morgan fingerprint density at radius 2 is 1.54 bits per heavy atom. The first-order valence-electron chi connectivity index (χ1n) is 20.7. The van der Waals surface area contributed by atoms with Crippen LogP contribution in [0.1, 0.15) is 75.3 Å². The number of anilines is 2. The van der Waals surface area contributed by atoms with Crippen LogP contribution in [0.15, 0.2) is 77.7 Å². The first-order chi connectivity index (χ1) is 28.2. The maximum absolute atomic E-state index is 13.5. The van der Waals surface area contributed by atoms with Gasteiger partial charge in [0.15, 0.2) is 0 Å². The van der Waals surface area contributed by atoms with Gasteiger partial charge in [-0.25, -0.2) is 0 Å². The number of halogens is 1. The average molecular weight is 818 g/mol. The van der Waals surface area contributed by atoms with Crippen molar-refractivity contribution in [2.45, 2.75) is 71.6 Å². The first-order valence-corrected chi connectivity index (χ1v) is 21.1. The molecule has 3 amide bonds. The second-order valence-electron chi connectivity index (χ2n) is 17.8. The predicted molar refractivity (Wildman–Crippen MR) is 229 cm³/mol. The van der Waals surface area contributed by atoms with Crippen molar-refractivity contribution in [2.24, 2.45) is 16.7 Å². The van der Waals surface area contributed by atoms with Gasteiger partial charge in [-0.1, -0.05) is 39.3 Å². The van der Waals surface area contributed by atoms with Gasteiger partial charge in [0.05, 0.1) is 10.6 Å². The fraction of sp³-hybridized carbons (Fsp3) is 0.457. The Hall–Kier alpha value is -5.38. The zero-order valence-electron chi connectivity index (χ0n) is 34.2. The van der Waals surface area contributed by atoms with Crippen LogP contribution in [0.2, 0.25) is 5.02 Å². The minimum absolute atomic E-state index is 0.0988. The number of hydrogen-bond acceptors (Lipinski definition) is 9. The van der Waals surface area contributed by atoms with Crippen LogP contribution >= 0.6 is 11.6 Å². The molecule has 0 radical (unpaired) electrons. The highest BCUT2D eigenvalue weighted by Crippen LogP contribution is 2.55. The van der Waals surface area contributed by atoms with Crippen molar-refractivity contribution < 1.29 is 19.1 Å². The number of hydrogen-bond donors (Lipinski definition) is 2. The van der Waals surface area contributed by atoms with Gasteiger partial charge in [0.2, 0.25) is 11.8 Å². The van der Waals surface area contributed by atoms with E-state index in [1.54, 1.807) is 24.4 Å². The first kappa shape index (κ1) is 40.4. The summed E-state index contributed by atoms with van der Waals surface area (Å²) in [5.41, 5.74) is 2.37. The van der Waals surface area contributed by atoms with Crippen LogP contribution < -0.4 is 30.7 Å². The molecule has 3 aromatic carbocycles. The SMILES string of the molecule is CC1(C)C(NC(=O)c2ccc(N3CCC(CN4CCN(c5ccc6c(=O)n(C7CCC(=O)NC7=O)ccc6c5)CC4)CC3)cc2)C(C)(C)C1Oc1ccc(C#N)c(Cl)c1. The van der Waals surface area contributed by atoms with E-state index in [9.17, 15) is 24.4 Å². The van der Waals surface area contributed by atoms with Crippen molar-refractivity contribution in [1.29, 1.82) is 5.26 Å². The summed E-state index contributed by atoms with van der Waals surface area (Å²) in [6.07, 6.45) is 4.29. The number of rotatable bonds is 9. The highest BCUT2D eigenvalue weighted by atomic mass is 35.5. The quantitative estimate of drug-likeness (QED) is 0.190. The summed E-state index contributed by atoms with van der Waals surface area (Å²) >= 11 is 6.26. The summed E-state index contributed by atoms with van der Waals surface area (Å²) in [5, 5.41) is 16.6. The van der Waals surface area contributed by atoms with E-state index in [-0.39, 0.29) is 46.8 Å². The van der Waals surface area contributed by atoms with Crippen molar-refractivity contribution in [3.8, 4) is 11.8 Å². The fourth-order valence-electron chi connectivity index (χ4n) is 10.2. The van der Waals surface area contributed by atoms with Gasteiger partial charge in [0.1, 0.15) is 24.0 Å². The Balaban J connectivity index is 0.792.